The predicted octanol–water partition coefficient (Wildman–Crippen LogP) is 4.71. The minimum atomic E-state index is -3.70. The first kappa shape index (κ1) is 15.2. The van der Waals surface area contributed by atoms with Crippen molar-refractivity contribution < 1.29 is 8.42 Å². The third kappa shape index (κ3) is 2.92. The molecule has 0 aliphatic carbocycles. The van der Waals surface area contributed by atoms with E-state index in [4.69, 9.17) is 10.7 Å². The van der Waals surface area contributed by atoms with E-state index in [1.54, 1.807) is 12.1 Å². The van der Waals surface area contributed by atoms with Crippen molar-refractivity contribution >= 4 is 31.3 Å². The van der Waals surface area contributed by atoms with Crippen molar-refractivity contribution in [3.63, 3.8) is 0 Å². The molecule has 0 atom stereocenters. The van der Waals surface area contributed by atoms with Gasteiger partial charge in [-0.25, -0.2) is 8.42 Å². The van der Waals surface area contributed by atoms with Crippen LogP contribution in [0.1, 0.15) is 4.88 Å². The van der Waals surface area contributed by atoms with Crippen LogP contribution in [0.2, 0.25) is 0 Å². The van der Waals surface area contributed by atoms with Crippen LogP contribution in [-0.4, -0.2) is 12.8 Å². The zero-order chi connectivity index (χ0) is 15.7. The molecule has 22 heavy (non-hydrogen) atoms. The Hall–Kier alpha value is -1.69. The molecule has 0 fully saturated rings. The Morgan fingerprint density at radius 2 is 1.59 bits per heavy atom. The van der Waals surface area contributed by atoms with Gasteiger partial charge in [0.25, 0.3) is 9.05 Å². The number of hydrogen-bond donors (Lipinski definition) is 0. The van der Waals surface area contributed by atoms with Crippen molar-refractivity contribution in [1.29, 1.82) is 0 Å². The number of halogens is 1. The average molecular weight is 350 g/mol. The fourth-order valence-corrected chi connectivity index (χ4v) is 3.79. The Labute approximate surface area is 137 Å². The van der Waals surface area contributed by atoms with Crippen LogP contribution in [0.25, 0.3) is 22.4 Å². The first-order valence-electron chi connectivity index (χ1n) is 6.53. The molecule has 0 saturated carbocycles. The van der Waals surface area contributed by atoms with Gasteiger partial charge in [-0.15, -0.1) is 0 Å². The summed E-state index contributed by atoms with van der Waals surface area (Å²) in [5.41, 5.74) is 3.89. The van der Waals surface area contributed by atoms with Crippen molar-refractivity contribution in [2.24, 2.45) is 0 Å². The summed E-state index contributed by atoms with van der Waals surface area (Å²) in [4.78, 5) is 1.18. The zero-order valence-electron chi connectivity index (χ0n) is 11.7. The number of hydrogen-bond acceptors (Lipinski definition) is 4. The van der Waals surface area contributed by atoms with Crippen LogP contribution in [0.15, 0.2) is 59.5 Å². The Kier molecular flexibility index (Phi) is 4.04. The average Bonchev–Trinajstić information content (AvgIpc) is 2.89. The Bertz CT molecular complexity index is 901. The molecule has 0 aliphatic heterocycles. The van der Waals surface area contributed by atoms with Crippen LogP contribution < -0.4 is 0 Å². The van der Waals surface area contributed by atoms with Crippen LogP contribution in [0.4, 0.5) is 0 Å². The van der Waals surface area contributed by atoms with E-state index < -0.39 is 9.05 Å². The Morgan fingerprint density at radius 1 is 0.955 bits per heavy atom. The van der Waals surface area contributed by atoms with E-state index in [2.05, 4.69) is 4.37 Å². The first-order chi connectivity index (χ1) is 10.5. The largest absolute Gasteiger partial charge is 0.261 e. The van der Waals surface area contributed by atoms with E-state index in [0.717, 1.165) is 27.3 Å². The van der Waals surface area contributed by atoms with Gasteiger partial charge in [0.2, 0.25) is 0 Å². The second kappa shape index (κ2) is 5.83. The first-order valence-corrected chi connectivity index (χ1v) is 9.62. The highest BCUT2D eigenvalue weighted by atomic mass is 35.7. The maximum Gasteiger partial charge on any atom is 0.261 e. The molecule has 3 aromatic rings. The SMILES string of the molecule is Cc1snc(-c2ccccc2)c1-c1ccc(S(=O)(=O)Cl)cc1. The molecule has 0 saturated heterocycles. The molecule has 1 aromatic heterocycles. The van der Waals surface area contributed by atoms with E-state index in [-0.39, 0.29) is 4.90 Å². The normalized spacial score (nSPS) is 11.5. The van der Waals surface area contributed by atoms with Crippen molar-refractivity contribution in [2.75, 3.05) is 0 Å². The van der Waals surface area contributed by atoms with Crippen LogP contribution in [0.3, 0.4) is 0 Å². The summed E-state index contributed by atoms with van der Waals surface area (Å²) in [6.45, 7) is 2.01. The van der Waals surface area contributed by atoms with Gasteiger partial charge in [-0.05, 0) is 36.2 Å². The third-order valence-corrected chi connectivity index (χ3v) is 5.46. The molecule has 0 N–H and O–H groups in total. The van der Waals surface area contributed by atoms with E-state index in [0.29, 0.717) is 0 Å². The molecule has 0 bridgehead atoms. The molecule has 3 rings (SSSR count). The molecule has 3 nitrogen and oxygen atoms in total. The molecular weight excluding hydrogens is 338 g/mol. The summed E-state index contributed by atoms with van der Waals surface area (Å²) >= 11 is 1.44. The number of aryl methyl sites for hydroxylation is 1. The van der Waals surface area contributed by atoms with Gasteiger partial charge in [-0.1, -0.05) is 42.5 Å². The van der Waals surface area contributed by atoms with Crippen molar-refractivity contribution in [3.8, 4) is 22.4 Å². The predicted molar refractivity (Wildman–Crippen MR) is 90.8 cm³/mol. The molecule has 1 heterocycles. The standard InChI is InChI=1S/C16H12ClNO2S2/c1-11-15(12-7-9-14(10-8-12)22(17,19)20)16(18-21-11)13-5-3-2-4-6-13/h2-10H,1H3. The minimum Gasteiger partial charge on any atom is -0.207 e. The highest BCUT2D eigenvalue weighted by Gasteiger charge is 2.16. The van der Waals surface area contributed by atoms with Crippen LogP contribution in [-0.2, 0) is 9.05 Å². The van der Waals surface area contributed by atoms with Gasteiger partial charge in [0.1, 0.15) is 0 Å². The van der Waals surface area contributed by atoms with Gasteiger partial charge < -0.3 is 0 Å². The maximum absolute atomic E-state index is 11.3. The van der Waals surface area contributed by atoms with E-state index in [1.165, 1.54) is 23.7 Å². The number of nitrogens with zero attached hydrogens (tertiary/aromatic N) is 1. The van der Waals surface area contributed by atoms with Gasteiger partial charge in [0, 0.05) is 26.7 Å². The fraction of sp³-hybridized carbons (Fsp3) is 0.0625. The fourth-order valence-electron chi connectivity index (χ4n) is 2.29. The quantitative estimate of drug-likeness (QED) is 0.643. The summed E-state index contributed by atoms with van der Waals surface area (Å²) in [5.74, 6) is 0. The smallest absolute Gasteiger partial charge is 0.207 e. The lowest BCUT2D eigenvalue weighted by Crippen LogP contribution is -1.90. The van der Waals surface area contributed by atoms with Crippen molar-refractivity contribution in [1.82, 2.24) is 4.37 Å². The van der Waals surface area contributed by atoms with E-state index in [1.807, 2.05) is 37.3 Å². The molecule has 6 heteroatoms. The summed E-state index contributed by atoms with van der Waals surface area (Å²) in [6, 6.07) is 16.5. The van der Waals surface area contributed by atoms with E-state index in [9.17, 15) is 8.42 Å². The van der Waals surface area contributed by atoms with Crippen LogP contribution in [0.5, 0.6) is 0 Å². The van der Waals surface area contributed by atoms with Crippen molar-refractivity contribution in [3.05, 3.63) is 59.5 Å². The van der Waals surface area contributed by atoms with Crippen LogP contribution >= 0.6 is 22.2 Å². The highest BCUT2D eigenvalue weighted by Crippen LogP contribution is 2.36. The number of rotatable bonds is 3. The molecule has 0 radical (unpaired) electrons. The molecule has 0 aliphatic rings. The second-order valence-electron chi connectivity index (χ2n) is 4.79. The van der Waals surface area contributed by atoms with E-state index >= 15 is 0 Å². The maximum atomic E-state index is 11.3. The van der Waals surface area contributed by atoms with Gasteiger partial charge in [0.15, 0.2) is 0 Å². The monoisotopic (exact) mass is 349 g/mol. The second-order valence-corrected chi connectivity index (χ2v) is 8.33. The van der Waals surface area contributed by atoms with Crippen LogP contribution in [0, 0.1) is 6.92 Å². The zero-order valence-corrected chi connectivity index (χ0v) is 14.0. The minimum absolute atomic E-state index is 0.0972. The summed E-state index contributed by atoms with van der Waals surface area (Å²) in [7, 11) is 1.65. The molecule has 2 aromatic carbocycles. The summed E-state index contributed by atoms with van der Waals surface area (Å²) < 4.78 is 27.2. The Morgan fingerprint density at radius 3 is 2.18 bits per heavy atom. The van der Waals surface area contributed by atoms with Gasteiger partial charge in [-0.3, -0.25) is 0 Å². The molecule has 0 amide bonds. The van der Waals surface area contributed by atoms with Gasteiger partial charge in [0.05, 0.1) is 10.6 Å². The molecule has 0 spiro atoms. The van der Waals surface area contributed by atoms with Gasteiger partial charge >= 0.3 is 0 Å². The lowest BCUT2D eigenvalue weighted by atomic mass is 10.00. The van der Waals surface area contributed by atoms with Crippen molar-refractivity contribution in [2.45, 2.75) is 11.8 Å². The lowest BCUT2D eigenvalue weighted by molar-refractivity contribution is 0.609. The molecular formula is C16H12ClNO2S2. The van der Waals surface area contributed by atoms with Gasteiger partial charge in [-0.2, -0.15) is 4.37 Å². The lowest BCUT2D eigenvalue weighted by Gasteiger charge is -2.06. The summed E-state index contributed by atoms with van der Waals surface area (Å²) in [6.07, 6.45) is 0. The highest BCUT2D eigenvalue weighted by molar-refractivity contribution is 8.13. The number of aromatic nitrogens is 1. The topological polar surface area (TPSA) is 47.0 Å². The number of benzene rings is 2. The third-order valence-electron chi connectivity index (χ3n) is 3.33. The molecule has 0 unspecified atom stereocenters. The molecule has 112 valence electrons. The Balaban J connectivity index is 2.12. The summed E-state index contributed by atoms with van der Waals surface area (Å²) in [5, 5.41) is 0.